The van der Waals surface area contributed by atoms with Gasteiger partial charge in [-0.15, -0.1) is 0 Å². The molecule has 124 valence electrons. The van der Waals surface area contributed by atoms with Gasteiger partial charge >= 0.3 is 7.12 Å². The van der Waals surface area contributed by atoms with Gasteiger partial charge in [0.1, 0.15) is 5.82 Å². The molecule has 2 rings (SSSR count). The first-order valence-electron chi connectivity index (χ1n) is 7.52. The molecule has 0 bridgehead atoms. The number of nitrogens with two attached hydrogens (primary N) is 1. The first-order valence-corrected chi connectivity index (χ1v) is 8.50. The number of nitrogen functional groups attached to an aromatic ring is 1. The number of hydrogen-bond donors (Lipinski definition) is 1. The van der Waals surface area contributed by atoms with Crippen molar-refractivity contribution in [1.29, 1.82) is 0 Å². The molecule has 1 aromatic rings. The average molecular weight is 334 g/mol. The van der Waals surface area contributed by atoms with Crippen LogP contribution in [0, 0.1) is 0 Å². The highest BCUT2D eigenvalue weighted by atomic mass is 32.2. The molecule has 7 heteroatoms. The Balaban J connectivity index is 2.28. The van der Waals surface area contributed by atoms with Gasteiger partial charge in [-0.2, -0.15) is 0 Å². The van der Waals surface area contributed by atoms with Crippen molar-refractivity contribution in [2.24, 2.45) is 0 Å². The lowest BCUT2D eigenvalue weighted by Crippen LogP contribution is -2.41. The van der Waals surface area contributed by atoms with Crippen molar-refractivity contribution >= 4 is 35.9 Å². The molecule has 0 unspecified atom stereocenters. The van der Waals surface area contributed by atoms with E-state index in [0.29, 0.717) is 11.6 Å². The Bertz CT molecular complexity index is 598. The third-order valence-electron chi connectivity index (χ3n) is 4.16. The van der Waals surface area contributed by atoms with Gasteiger partial charge in [0.15, 0.2) is 5.12 Å². The van der Waals surface area contributed by atoms with E-state index in [1.807, 2.05) is 39.8 Å². The van der Waals surface area contributed by atoms with Crippen LogP contribution in [0.15, 0.2) is 23.8 Å². The molecule has 1 aliphatic heterocycles. The second-order valence-electron chi connectivity index (χ2n) is 6.60. The summed E-state index contributed by atoms with van der Waals surface area (Å²) in [5, 5.41) is 0.0582. The minimum absolute atomic E-state index is 0.0582. The van der Waals surface area contributed by atoms with Crippen LogP contribution < -0.4 is 5.73 Å². The highest BCUT2D eigenvalue weighted by Crippen LogP contribution is 2.39. The van der Waals surface area contributed by atoms with Crippen LogP contribution in [0.5, 0.6) is 0 Å². The molecule has 0 radical (unpaired) electrons. The fourth-order valence-corrected chi connectivity index (χ4v) is 2.66. The van der Waals surface area contributed by atoms with Crippen molar-refractivity contribution in [1.82, 2.24) is 4.98 Å². The molecule has 0 aromatic carbocycles. The summed E-state index contributed by atoms with van der Waals surface area (Å²) in [6.07, 6.45) is 3.64. The highest BCUT2D eigenvalue weighted by molar-refractivity contribution is 8.13. The lowest BCUT2D eigenvalue weighted by molar-refractivity contribution is -0.109. The predicted molar refractivity (Wildman–Crippen MR) is 95.8 cm³/mol. The molecule has 0 saturated carbocycles. The largest absolute Gasteiger partial charge is 0.491 e. The van der Waals surface area contributed by atoms with Gasteiger partial charge in [0, 0.05) is 18.9 Å². The van der Waals surface area contributed by atoms with Crippen LogP contribution in [0.3, 0.4) is 0 Å². The van der Waals surface area contributed by atoms with Crippen LogP contribution >= 0.6 is 11.8 Å². The Morgan fingerprint density at radius 2 is 1.91 bits per heavy atom. The smallest absolute Gasteiger partial charge is 0.400 e. The van der Waals surface area contributed by atoms with Gasteiger partial charge in [-0.1, -0.05) is 17.8 Å². The fraction of sp³-hybridized carbons (Fsp3) is 0.500. The predicted octanol–water partition coefficient (Wildman–Crippen LogP) is 2.96. The monoisotopic (exact) mass is 334 g/mol. The number of anilines is 1. The number of pyridine rings is 1. The van der Waals surface area contributed by atoms with Crippen molar-refractivity contribution in [3.63, 3.8) is 0 Å². The van der Waals surface area contributed by atoms with Gasteiger partial charge in [-0.25, -0.2) is 4.98 Å². The third kappa shape index (κ3) is 4.37. The standard InChI is InChI=1S/C16H23BN2O3S/c1-11(20)23-10-13(8-12-6-7-14(18)19-9-12)17-21-15(2,3)16(4,5)22-17/h6-9H,10H2,1-5H3,(H2,18,19). The first kappa shape index (κ1) is 18.0. The van der Waals surface area contributed by atoms with Crippen molar-refractivity contribution in [2.45, 2.75) is 45.8 Å². The van der Waals surface area contributed by atoms with Crippen LogP contribution in [-0.4, -0.2) is 34.2 Å². The van der Waals surface area contributed by atoms with Gasteiger partial charge in [-0.05, 0) is 50.9 Å². The van der Waals surface area contributed by atoms with Gasteiger partial charge < -0.3 is 15.0 Å². The second-order valence-corrected chi connectivity index (χ2v) is 7.76. The van der Waals surface area contributed by atoms with Crippen LogP contribution in [0.1, 0.15) is 40.2 Å². The van der Waals surface area contributed by atoms with E-state index in [1.165, 1.54) is 11.8 Å². The van der Waals surface area contributed by atoms with Gasteiger partial charge in [-0.3, -0.25) is 4.79 Å². The van der Waals surface area contributed by atoms with Crippen LogP contribution in [0.25, 0.3) is 6.08 Å². The van der Waals surface area contributed by atoms with Gasteiger partial charge in [0.25, 0.3) is 0 Å². The number of carbonyl (C=O) groups excluding carboxylic acids is 1. The zero-order valence-corrected chi connectivity index (χ0v) is 15.1. The molecule has 1 aliphatic rings. The summed E-state index contributed by atoms with van der Waals surface area (Å²) in [4.78, 5) is 15.4. The Labute approximate surface area is 142 Å². The molecule has 1 aromatic heterocycles. The molecule has 2 heterocycles. The van der Waals surface area contributed by atoms with E-state index in [4.69, 9.17) is 15.0 Å². The number of thioether (sulfide) groups is 1. The maximum atomic E-state index is 11.3. The zero-order valence-electron chi connectivity index (χ0n) is 14.3. The molecule has 1 saturated heterocycles. The van der Waals surface area contributed by atoms with E-state index < -0.39 is 18.3 Å². The van der Waals surface area contributed by atoms with Crippen molar-refractivity contribution in [3.8, 4) is 0 Å². The quantitative estimate of drug-likeness (QED) is 0.854. The molecule has 5 nitrogen and oxygen atoms in total. The van der Waals surface area contributed by atoms with Crippen molar-refractivity contribution in [3.05, 3.63) is 29.4 Å². The van der Waals surface area contributed by atoms with Crippen molar-refractivity contribution < 1.29 is 14.1 Å². The van der Waals surface area contributed by atoms with Gasteiger partial charge in [0.05, 0.1) is 11.2 Å². The van der Waals surface area contributed by atoms with E-state index >= 15 is 0 Å². The van der Waals surface area contributed by atoms with E-state index in [2.05, 4.69) is 4.98 Å². The lowest BCUT2D eigenvalue weighted by atomic mass is 9.78. The van der Waals surface area contributed by atoms with E-state index in [1.54, 1.807) is 19.2 Å². The SMILES string of the molecule is CC(=O)SCC(=Cc1ccc(N)nc1)B1OC(C)(C)C(C)(C)O1. The zero-order chi connectivity index (χ0) is 17.3. The summed E-state index contributed by atoms with van der Waals surface area (Å²) in [7, 11) is -0.482. The summed E-state index contributed by atoms with van der Waals surface area (Å²) in [5.74, 6) is 0.980. The summed E-state index contributed by atoms with van der Waals surface area (Å²) in [6, 6.07) is 3.62. The molecule has 0 atom stereocenters. The Kier molecular flexibility index (Phi) is 5.23. The molecule has 2 N–H and O–H groups in total. The van der Waals surface area contributed by atoms with E-state index in [9.17, 15) is 4.79 Å². The second kappa shape index (κ2) is 6.67. The molecular formula is C16H23BN2O3S. The lowest BCUT2D eigenvalue weighted by Gasteiger charge is -2.32. The topological polar surface area (TPSA) is 74.4 Å². The van der Waals surface area contributed by atoms with E-state index in [0.717, 1.165) is 11.0 Å². The molecule has 1 fully saturated rings. The van der Waals surface area contributed by atoms with Gasteiger partial charge in [0.2, 0.25) is 0 Å². The fourth-order valence-electron chi connectivity index (χ4n) is 2.07. The first-order chi connectivity index (χ1) is 10.6. The molecular weight excluding hydrogens is 311 g/mol. The van der Waals surface area contributed by atoms with Crippen LogP contribution in [-0.2, 0) is 14.1 Å². The number of carbonyl (C=O) groups is 1. The Morgan fingerprint density at radius 1 is 1.30 bits per heavy atom. The molecule has 23 heavy (non-hydrogen) atoms. The summed E-state index contributed by atoms with van der Waals surface area (Å²) < 4.78 is 12.2. The Hall–Kier alpha value is -1.31. The summed E-state index contributed by atoms with van der Waals surface area (Å²) >= 11 is 1.24. The van der Waals surface area contributed by atoms with Crippen LogP contribution in [0.4, 0.5) is 5.82 Å². The summed E-state index contributed by atoms with van der Waals surface area (Å²) in [5.41, 5.74) is 6.57. The molecule has 0 spiro atoms. The number of hydrogen-bond acceptors (Lipinski definition) is 6. The number of aromatic nitrogens is 1. The van der Waals surface area contributed by atoms with Crippen molar-refractivity contribution in [2.75, 3.05) is 11.5 Å². The number of rotatable bonds is 4. The minimum atomic E-state index is -0.482. The number of nitrogens with zero attached hydrogens (tertiary/aromatic N) is 1. The average Bonchev–Trinajstić information content (AvgIpc) is 2.65. The third-order valence-corrected chi connectivity index (χ3v) is 5.04. The maximum absolute atomic E-state index is 11.3. The molecule has 0 aliphatic carbocycles. The van der Waals surface area contributed by atoms with E-state index in [-0.39, 0.29) is 5.12 Å². The summed E-state index contributed by atoms with van der Waals surface area (Å²) in [6.45, 7) is 9.58. The minimum Gasteiger partial charge on any atom is -0.400 e. The normalized spacial score (nSPS) is 19.9. The van der Waals surface area contributed by atoms with Crippen LogP contribution in [0.2, 0.25) is 0 Å². The maximum Gasteiger partial charge on any atom is 0.491 e. The Morgan fingerprint density at radius 3 is 2.39 bits per heavy atom. The highest BCUT2D eigenvalue weighted by Gasteiger charge is 2.52. The molecule has 0 amide bonds.